The van der Waals surface area contributed by atoms with Crippen LogP contribution in [0.3, 0.4) is 0 Å². The van der Waals surface area contributed by atoms with Crippen molar-refractivity contribution in [3.05, 3.63) is 76.1 Å². The Bertz CT molecular complexity index is 958. The average molecular weight is 317 g/mol. The molecule has 0 radical (unpaired) electrons. The second kappa shape index (κ2) is 5.39. The lowest BCUT2D eigenvalue weighted by Gasteiger charge is -2.14. The number of aromatic nitrogens is 1. The van der Waals surface area contributed by atoms with Gasteiger partial charge in [-0.05, 0) is 35.7 Å². The number of carbonyl (C=O) groups is 1. The minimum Gasteiger partial charge on any atom is -0.298 e. The van der Waals surface area contributed by atoms with E-state index in [1.54, 1.807) is 30.3 Å². The number of pyridine rings is 1. The van der Waals surface area contributed by atoms with Crippen LogP contribution in [0.5, 0.6) is 0 Å². The first-order valence-corrected chi connectivity index (χ1v) is 6.69. The molecule has 0 unspecified atom stereocenters. The van der Waals surface area contributed by atoms with E-state index in [1.165, 1.54) is 10.6 Å². The molecule has 0 atom stereocenters. The van der Waals surface area contributed by atoms with Crippen molar-refractivity contribution in [3.63, 3.8) is 0 Å². The summed E-state index contributed by atoms with van der Waals surface area (Å²) in [6, 6.07) is 12.6. The molecule has 0 amide bonds. The van der Waals surface area contributed by atoms with Crippen LogP contribution in [0.4, 0.5) is 13.2 Å². The highest BCUT2D eigenvalue weighted by atomic mass is 19.4. The van der Waals surface area contributed by atoms with Crippen LogP contribution < -0.4 is 5.56 Å². The summed E-state index contributed by atoms with van der Waals surface area (Å²) >= 11 is 0. The van der Waals surface area contributed by atoms with E-state index in [0.717, 1.165) is 23.6 Å². The molecule has 0 fully saturated rings. The SMILES string of the molecule is O=Cc1cc(C(F)(F)F)ccc1-n1c(=O)ccc2ccccc21. The minimum atomic E-state index is -4.56. The maximum absolute atomic E-state index is 12.8. The van der Waals surface area contributed by atoms with Gasteiger partial charge in [0.2, 0.25) is 0 Å². The summed E-state index contributed by atoms with van der Waals surface area (Å²) < 4.78 is 39.6. The fraction of sp³-hybridized carbons (Fsp3) is 0.0588. The zero-order chi connectivity index (χ0) is 16.6. The number of nitrogens with zero attached hydrogens (tertiary/aromatic N) is 1. The van der Waals surface area contributed by atoms with E-state index in [2.05, 4.69) is 0 Å². The zero-order valence-electron chi connectivity index (χ0n) is 11.7. The predicted octanol–water partition coefficient (Wildman–Crippen LogP) is 3.82. The summed E-state index contributed by atoms with van der Waals surface area (Å²) in [6.45, 7) is 0. The van der Waals surface area contributed by atoms with Crippen molar-refractivity contribution in [2.24, 2.45) is 0 Å². The monoisotopic (exact) mass is 317 g/mol. The van der Waals surface area contributed by atoms with E-state index in [9.17, 15) is 22.8 Å². The molecule has 0 saturated carbocycles. The largest absolute Gasteiger partial charge is 0.416 e. The van der Waals surface area contributed by atoms with E-state index >= 15 is 0 Å². The third-order valence-electron chi connectivity index (χ3n) is 3.53. The molecule has 0 aliphatic heterocycles. The molecule has 0 spiro atoms. The van der Waals surface area contributed by atoms with Crippen molar-refractivity contribution in [1.29, 1.82) is 0 Å². The van der Waals surface area contributed by atoms with Crippen LogP contribution in [0, 0.1) is 0 Å². The molecule has 23 heavy (non-hydrogen) atoms. The highest BCUT2D eigenvalue weighted by Gasteiger charge is 2.31. The van der Waals surface area contributed by atoms with Gasteiger partial charge in [0.1, 0.15) is 0 Å². The van der Waals surface area contributed by atoms with Gasteiger partial charge in [-0.3, -0.25) is 14.2 Å². The van der Waals surface area contributed by atoms with Crippen LogP contribution in [0.15, 0.2) is 59.4 Å². The normalized spacial score (nSPS) is 11.6. The number of hydrogen-bond donors (Lipinski definition) is 0. The number of aldehydes is 1. The summed E-state index contributed by atoms with van der Waals surface area (Å²) in [5.74, 6) is 0. The predicted molar refractivity (Wildman–Crippen MR) is 79.9 cm³/mol. The van der Waals surface area contributed by atoms with E-state index in [-0.39, 0.29) is 11.3 Å². The fourth-order valence-corrected chi connectivity index (χ4v) is 2.46. The number of alkyl halides is 3. The Hall–Kier alpha value is -2.89. The summed E-state index contributed by atoms with van der Waals surface area (Å²) in [7, 11) is 0. The van der Waals surface area contributed by atoms with E-state index in [1.807, 2.05) is 0 Å². The Morgan fingerprint density at radius 3 is 2.39 bits per heavy atom. The Morgan fingerprint density at radius 2 is 1.70 bits per heavy atom. The first-order valence-electron chi connectivity index (χ1n) is 6.69. The van der Waals surface area contributed by atoms with Crippen LogP contribution in [0.2, 0.25) is 0 Å². The lowest BCUT2D eigenvalue weighted by molar-refractivity contribution is -0.137. The Morgan fingerprint density at radius 1 is 0.957 bits per heavy atom. The maximum Gasteiger partial charge on any atom is 0.416 e. The van der Waals surface area contributed by atoms with Crippen LogP contribution >= 0.6 is 0 Å². The van der Waals surface area contributed by atoms with Crippen molar-refractivity contribution in [3.8, 4) is 5.69 Å². The number of halogens is 3. The van der Waals surface area contributed by atoms with Gasteiger partial charge in [0.15, 0.2) is 6.29 Å². The lowest BCUT2D eigenvalue weighted by atomic mass is 10.1. The van der Waals surface area contributed by atoms with Gasteiger partial charge in [0.05, 0.1) is 16.8 Å². The zero-order valence-corrected chi connectivity index (χ0v) is 11.7. The van der Waals surface area contributed by atoms with Crippen LogP contribution in [0.1, 0.15) is 15.9 Å². The third kappa shape index (κ3) is 2.63. The van der Waals surface area contributed by atoms with Gasteiger partial charge in [0, 0.05) is 11.6 Å². The second-order valence-electron chi connectivity index (χ2n) is 4.96. The standard InChI is InChI=1S/C17H10F3NO2/c18-17(19,20)13-6-7-15(12(9-13)10-22)21-14-4-2-1-3-11(14)5-8-16(21)23/h1-10H. The molecule has 3 rings (SSSR count). The van der Waals surface area contributed by atoms with E-state index < -0.39 is 17.3 Å². The summed E-state index contributed by atoms with van der Waals surface area (Å²) in [4.78, 5) is 23.5. The van der Waals surface area contributed by atoms with Crippen LogP contribution in [-0.4, -0.2) is 10.9 Å². The molecule has 0 bridgehead atoms. The number of hydrogen-bond acceptors (Lipinski definition) is 2. The van der Waals surface area contributed by atoms with E-state index in [4.69, 9.17) is 0 Å². The Kier molecular flexibility index (Phi) is 3.52. The minimum absolute atomic E-state index is 0.120. The summed E-state index contributed by atoms with van der Waals surface area (Å²) in [5.41, 5.74) is -0.917. The van der Waals surface area contributed by atoms with Crippen LogP contribution in [0.25, 0.3) is 16.6 Å². The molecule has 1 aromatic heterocycles. The molecule has 3 aromatic rings. The second-order valence-corrected chi connectivity index (χ2v) is 4.96. The van der Waals surface area contributed by atoms with Gasteiger partial charge < -0.3 is 0 Å². The molecular formula is C17H10F3NO2. The number of rotatable bonds is 2. The molecule has 3 nitrogen and oxygen atoms in total. The molecule has 0 N–H and O–H groups in total. The highest BCUT2D eigenvalue weighted by molar-refractivity contribution is 5.85. The van der Waals surface area contributed by atoms with Crippen molar-refractivity contribution in [2.45, 2.75) is 6.18 Å². The number of para-hydroxylation sites is 1. The van der Waals surface area contributed by atoms with Gasteiger partial charge in [0.25, 0.3) is 5.56 Å². The number of benzene rings is 2. The van der Waals surface area contributed by atoms with Crippen LogP contribution in [-0.2, 0) is 6.18 Å². The number of carbonyl (C=O) groups excluding carboxylic acids is 1. The first-order chi connectivity index (χ1) is 10.9. The lowest BCUT2D eigenvalue weighted by Crippen LogP contribution is -2.19. The molecule has 116 valence electrons. The third-order valence-corrected chi connectivity index (χ3v) is 3.53. The molecular weight excluding hydrogens is 307 g/mol. The van der Waals surface area contributed by atoms with Gasteiger partial charge in [-0.15, -0.1) is 0 Å². The Labute approximate surface area is 128 Å². The first kappa shape index (κ1) is 15.0. The highest BCUT2D eigenvalue weighted by Crippen LogP contribution is 2.31. The number of fused-ring (bicyclic) bond motifs is 1. The molecule has 1 heterocycles. The average Bonchev–Trinajstić information content (AvgIpc) is 2.53. The van der Waals surface area contributed by atoms with Gasteiger partial charge in [-0.25, -0.2) is 0 Å². The summed E-state index contributed by atoms with van der Waals surface area (Å²) in [5, 5.41) is 0.740. The van der Waals surface area contributed by atoms with E-state index in [0.29, 0.717) is 11.8 Å². The fourth-order valence-electron chi connectivity index (χ4n) is 2.46. The van der Waals surface area contributed by atoms with Gasteiger partial charge >= 0.3 is 6.18 Å². The molecule has 6 heteroatoms. The summed E-state index contributed by atoms with van der Waals surface area (Å²) in [6.07, 6.45) is -4.24. The molecule has 2 aromatic carbocycles. The van der Waals surface area contributed by atoms with Gasteiger partial charge in [-0.2, -0.15) is 13.2 Å². The molecule has 0 saturated heterocycles. The maximum atomic E-state index is 12.8. The topological polar surface area (TPSA) is 39.1 Å². The quantitative estimate of drug-likeness (QED) is 0.674. The Balaban J connectivity index is 2.34. The molecule has 0 aliphatic rings. The van der Waals surface area contributed by atoms with Gasteiger partial charge in [-0.1, -0.05) is 18.2 Å². The van der Waals surface area contributed by atoms with Crippen molar-refractivity contribution < 1.29 is 18.0 Å². The van der Waals surface area contributed by atoms with Crippen molar-refractivity contribution in [2.75, 3.05) is 0 Å². The molecule has 0 aliphatic carbocycles. The smallest absolute Gasteiger partial charge is 0.298 e. The van der Waals surface area contributed by atoms with Crippen molar-refractivity contribution >= 4 is 17.2 Å². The van der Waals surface area contributed by atoms with Crippen molar-refractivity contribution in [1.82, 2.24) is 4.57 Å².